The molecule has 0 saturated carbocycles. The minimum absolute atomic E-state index is 0.194. The van der Waals surface area contributed by atoms with Crippen molar-refractivity contribution in [1.82, 2.24) is 10.6 Å². The lowest BCUT2D eigenvalue weighted by molar-refractivity contribution is 0.241. The molecule has 1 aromatic rings. The summed E-state index contributed by atoms with van der Waals surface area (Å²) in [5.74, 6) is -0.433. The first-order valence-electron chi connectivity index (χ1n) is 5.63. The number of urea groups is 1. The number of carbonyl (C=O) groups is 1. The second kappa shape index (κ2) is 4.71. The monoisotopic (exact) mass is 237 g/mol. The summed E-state index contributed by atoms with van der Waals surface area (Å²) in [6, 6.07) is 5.73. The summed E-state index contributed by atoms with van der Waals surface area (Å²) in [5.41, 5.74) is -0.0606. The highest BCUT2D eigenvalue weighted by molar-refractivity contribution is 5.89. The van der Waals surface area contributed by atoms with Gasteiger partial charge in [0.15, 0.2) is 0 Å². The third-order valence-electron chi connectivity index (χ3n) is 2.91. The van der Waals surface area contributed by atoms with Gasteiger partial charge in [0.05, 0.1) is 11.2 Å². The van der Waals surface area contributed by atoms with Gasteiger partial charge in [-0.3, -0.25) is 0 Å². The summed E-state index contributed by atoms with van der Waals surface area (Å²) in [4.78, 5) is 11.7. The Balaban J connectivity index is 1.96. The van der Waals surface area contributed by atoms with E-state index in [1.54, 1.807) is 12.1 Å². The van der Waals surface area contributed by atoms with E-state index in [9.17, 15) is 9.18 Å². The van der Waals surface area contributed by atoms with Crippen LogP contribution in [-0.2, 0) is 0 Å². The summed E-state index contributed by atoms with van der Waals surface area (Å²) in [6.45, 7) is 3.59. The van der Waals surface area contributed by atoms with Crippen LogP contribution in [0.25, 0.3) is 0 Å². The molecule has 3 N–H and O–H groups in total. The van der Waals surface area contributed by atoms with Gasteiger partial charge in [0.25, 0.3) is 0 Å². The Labute approximate surface area is 99.6 Å². The molecule has 1 aliphatic rings. The summed E-state index contributed by atoms with van der Waals surface area (Å²) in [6.07, 6.45) is 0.873. The quantitative estimate of drug-likeness (QED) is 0.733. The van der Waals surface area contributed by atoms with Crippen molar-refractivity contribution in [3.63, 3.8) is 0 Å². The van der Waals surface area contributed by atoms with E-state index in [4.69, 9.17) is 0 Å². The van der Waals surface area contributed by atoms with Crippen molar-refractivity contribution >= 4 is 11.7 Å². The van der Waals surface area contributed by atoms with Crippen LogP contribution in [0.5, 0.6) is 0 Å². The molecule has 2 rings (SSSR count). The Morgan fingerprint density at radius 3 is 2.88 bits per heavy atom. The molecule has 92 valence electrons. The van der Waals surface area contributed by atoms with Crippen LogP contribution in [0.4, 0.5) is 14.9 Å². The molecule has 1 atom stereocenters. The maximum atomic E-state index is 13.3. The number of carbonyl (C=O) groups excluding carboxylic acids is 1. The molecule has 5 heteroatoms. The molecule has 0 bridgehead atoms. The zero-order chi connectivity index (χ0) is 12.3. The molecular formula is C12H16FN3O. The molecule has 0 aliphatic carbocycles. The second-order valence-corrected chi connectivity index (χ2v) is 4.55. The lowest BCUT2D eigenvalue weighted by Crippen LogP contribution is -2.49. The largest absolute Gasteiger partial charge is 0.331 e. The molecule has 1 aromatic carbocycles. The molecule has 17 heavy (non-hydrogen) atoms. The number of para-hydroxylation sites is 1. The van der Waals surface area contributed by atoms with Crippen molar-refractivity contribution in [3.05, 3.63) is 30.1 Å². The lowest BCUT2D eigenvalue weighted by Gasteiger charge is -2.24. The van der Waals surface area contributed by atoms with E-state index in [-0.39, 0.29) is 17.3 Å². The van der Waals surface area contributed by atoms with Gasteiger partial charge in [0.2, 0.25) is 0 Å². The van der Waals surface area contributed by atoms with Crippen LogP contribution in [0.1, 0.15) is 13.3 Å². The number of halogens is 1. The van der Waals surface area contributed by atoms with Crippen molar-refractivity contribution in [1.29, 1.82) is 0 Å². The predicted octanol–water partition coefficient (Wildman–Crippen LogP) is 1.70. The van der Waals surface area contributed by atoms with E-state index in [1.807, 2.05) is 6.92 Å². The van der Waals surface area contributed by atoms with Crippen molar-refractivity contribution in [2.75, 3.05) is 18.4 Å². The molecule has 1 fully saturated rings. The van der Waals surface area contributed by atoms with Gasteiger partial charge in [-0.05, 0) is 32.0 Å². The molecule has 0 aromatic heterocycles. The molecule has 0 spiro atoms. The van der Waals surface area contributed by atoms with Crippen molar-refractivity contribution in [2.24, 2.45) is 0 Å². The van der Waals surface area contributed by atoms with Crippen LogP contribution < -0.4 is 16.0 Å². The Kier molecular flexibility index (Phi) is 3.28. The normalized spacial score (nSPS) is 23.4. The number of hydrogen-bond donors (Lipinski definition) is 3. The van der Waals surface area contributed by atoms with Crippen LogP contribution >= 0.6 is 0 Å². The van der Waals surface area contributed by atoms with Gasteiger partial charge in [-0.2, -0.15) is 0 Å². The average molecular weight is 237 g/mol. The number of hydrogen-bond acceptors (Lipinski definition) is 2. The highest BCUT2D eigenvalue weighted by Crippen LogP contribution is 2.15. The summed E-state index contributed by atoms with van der Waals surface area (Å²) >= 11 is 0. The molecule has 1 aliphatic heterocycles. The number of amides is 2. The van der Waals surface area contributed by atoms with E-state index in [2.05, 4.69) is 16.0 Å². The second-order valence-electron chi connectivity index (χ2n) is 4.55. The zero-order valence-electron chi connectivity index (χ0n) is 9.72. The molecule has 2 amide bonds. The average Bonchev–Trinajstić information content (AvgIpc) is 2.68. The minimum Gasteiger partial charge on any atom is -0.331 e. The summed E-state index contributed by atoms with van der Waals surface area (Å²) in [5, 5.41) is 8.54. The van der Waals surface area contributed by atoms with Gasteiger partial charge in [-0.15, -0.1) is 0 Å². The minimum atomic E-state index is -0.433. The third kappa shape index (κ3) is 2.94. The summed E-state index contributed by atoms with van der Waals surface area (Å²) in [7, 11) is 0. The first kappa shape index (κ1) is 11.9. The van der Waals surface area contributed by atoms with E-state index in [0.29, 0.717) is 0 Å². The topological polar surface area (TPSA) is 53.2 Å². The van der Waals surface area contributed by atoms with Crippen molar-refractivity contribution < 1.29 is 9.18 Å². The first-order chi connectivity index (χ1) is 8.09. The summed E-state index contributed by atoms with van der Waals surface area (Å²) < 4.78 is 13.3. The van der Waals surface area contributed by atoms with Gasteiger partial charge in [-0.25, -0.2) is 9.18 Å². The zero-order valence-corrected chi connectivity index (χ0v) is 9.72. The van der Waals surface area contributed by atoms with Crippen LogP contribution in [0, 0.1) is 5.82 Å². The molecule has 1 unspecified atom stereocenters. The number of nitrogens with one attached hydrogen (secondary N) is 3. The number of rotatable bonds is 2. The Morgan fingerprint density at radius 2 is 2.24 bits per heavy atom. The number of benzene rings is 1. The van der Waals surface area contributed by atoms with Gasteiger partial charge < -0.3 is 16.0 Å². The third-order valence-corrected chi connectivity index (χ3v) is 2.91. The standard InChI is InChI=1S/C12H16FN3O/c1-12(6-7-14-8-12)16-11(17)15-10-5-3-2-4-9(10)13/h2-5,14H,6-8H2,1H3,(H2,15,16,17). The number of anilines is 1. The van der Waals surface area contributed by atoms with Crippen LogP contribution in [0.2, 0.25) is 0 Å². The molecule has 4 nitrogen and oxygen atoms in total. The fourth-order valence-corrected chi connectivity index (χ4v) is 1.91. The van der Waals surface area contributed by atoms with Crippen LogP contribution in [-0.4, -0.2) is 24.7 Å². The SMILES string of the molecule is CC1(NC(=O)Nc2ccccc2F)CCNC1. The highest BCUT2D eigenvalue weighted by Gasteiger charge is 2.30. The van der Waals surface area contributed by atoms with E-state index in [0.717, 1.165) is 19.5 Å². The molecule has 1 saturated heterocycles. The van der Waals surface area contributed by atoms with Crippen LogP contribution in [0.15, 0.2) is 24.3 Å². The van der Waals surface area contributed by atoms with Crippen molar-refractivity contribution in [3.8, 4) is 0 Å². The Hall–Kier alpha value is -1.62. The molecular weight excluding hydrogens is 221 g/mol. The Morgan fingerprint density at radius 1 is 1.47 bits per heavy atom. The van der Waals surface area contributed by atoms with Gasteiger partial charge in [0.1, 0.15) is 5.82 Å². The molecule has 0 radical (unpaired) electrons. The predicted molar refractivity (Wildman–Crippen MR) is 64.4 cm³/mol. The smallest absolute Gasteiger partial charge is 0.319 e. The Bertz CT molecular complexity index is 416. The van der Waals surface area contributed by atoms with Crippen LogP contribution in [0.3, 0.4) is 0 Å². The highest BCUT2D eigenvalue weighted by atomic mass is 19.1. The maximum Gasteiger partial charge on any atom is 0.319 e. The first-order valence-corrected chi connectivity index (χ1v) is 5.63. The van der Waals surface area contributed by atoms with Crippen molar-refractivity contribution in [2.45, 2.75) is 18.9 Å². The van der Waals surface area contributed by atoms with Gasteiger partial charge in [-0.1, -0.05) is 12.1 Å². The van der Waals surface area contributed by atoms with Gasteiger partial charge in [0, 0.05) is 6.54 Å². The molecule has 1 heterocycles. The van der Waals surface area contributed by atoms with E-state index < -0.39 is 5.82 Å². The van der Waals surface area contributed by atoms with E-state index >= 15 is 0 Å². The fourth-order valence-electron chi connectivity index (χ4n) is 1.91. The van der Waals surface area contributed by atoms with E-state index in [1.165, 1.54) is 12.1 Å². The fraction of sp³-hybridized carbons (Fsp3) is 0.417. The van der Waals surface area contributed by atoms with Gasteiger partial charge >= 0.3 is 6.03 Å². The maximum absolute atomic E-state index is 13.3. The lowest BCUT2D eigenvalue weighted by atomic mass is 10.0.